The van der Waals surface area contributed by atoms with Crippen molar-refractivity contribution in [3.8, 4) is 0 Å². The Kier molecular flexibility index (Phi) is 6.31. The maximum atomic E-state index is 13.2. The number of allylic oxidation sites excluding steroid dienone is 1. The maximum Gasteiger partial charge on any atom is 0.253 e. The highest BCUT2D eigenvalue weighted by molar-refractivity contribution is 6.07. The fraction of sp³-hybridized carbons (Fsp3) is 0.320. The molecule has 1 aromatic heterocycles. The molecule has 156 valence electrons. The molecular weight excluding hydrogens is 374 g/mol. The molecule has 2 heterocycles. The van der Waals surface area contributed by atoms with Crippen LogP contribution in [0.2, 0.25) is 0 Å². The van der Waals surface area contributed by atoms with E-state index in [0.29, 0.717) is 18.7 Å². The van der Waals surface area contributed by atoms with Gasteiger partial charge in [0.2, 0.25) is 0 Å². The first-order valence-corrected chi connectivity index (χ1v) is 10.5. The van der Waals surface area contributed by atoms with Crippen LogP contribution in [0.5, 0.6) is 0 Å². The summed E-state index contributed by atoms with van der Waals surface area (Å²) in [5.41, 5.74) is 4.21. The van der Waals surface area contributed by atoms with Gasteiger partial charge in [-0.05, 0) is 18.6 Å². The number of aryl methyl sites for hydroxylation is 1. The molecule has 1 fully saturated rings. The van der Waals surface area contributed by atoms with Gasteiger partial charge in [-0.15, -0.1) is 6.58 Å². The van der Waals surface area contributed by atoms with Crippen LogP contribution in [-0.4, -0.2) is 48.2 Å². The second-order valence-electron chi connectivity index (χ2n) is 7.79. The smallest absolute Gasteiger partial charge is 0.253 e. The quantitative estimate of drug-likeness (QED) is 0.608. The lowest BCUT2D eigenvalue weighted by Gasteiger charge is -2.35. The Balaban J connectivity index is 1.57. The first-order valence-electron chi connectivity index (χ1n) is 10.5. The van der Waals surface area contributed by atoms with Gasteiger partial charge in [-0.25, -0.2) is 0 Å². The molecule has 2 aromatic carbocycles. The summed E-state index contributed by atoms with van der Waals surface area (Å²) in [6.07, 6.45) is 3.78. The van der Waals surface area contributed by atoms with E-state index in [2.05, 4.69) is 52.6 Å². The third-order valence-electron chi connectivity index (χ3n) is 5.73. The minimum atomic E-state index is -0.0417. The van der Waals surface area contributed by atoms with Crippen LogP contribution in [0.1, 0.15) is 27.5 Å². The predicted molar refractivity (Wildman–Crippen MR) is 121 cm³/mol. The van der Waals surface area contributed by atoms with Gasteiger partial charge in [0.1, 0.15) is 0 Å². The van der Waals surface area contributed by atoms with Crippen LogP contribution in [-0.2, 0) is 11.3 Å². The zero-order valence-electron chi connectivity index (χ0n) is 17.5. The Hall–Kier alpha value is -2.89. The number of morpholine rings is 1. The van der Waals surface area contributed by atoms with Gasteiger partial charge in [-0.1, -0.05) is 54.1 Å². The van der Waals surface area contributed by atoms with Crippen molar-refractivity contribution >= 4 is 16.8 Å². The van der Waals surface area contributed by atoms with E-state index in [1.165, 1.54) is 11.1 Å². The zero-order chi connectivity index (χ0) is 20.9. The monoisotopic (exact) mass is 403 g/mol. The number of benzene rings is 2. The molecule has 1 amide bonds. The van der Waals surface area contributed by atoms with Crippen molar-refractivity contribution in [3.63, 3.8) is 0 Å². The number of nitrogens with one attached hydrogen (secondary N) is 1. The summed E-state index contributed by atoms with van der Waals surface area (Å²) < 4.78 is 7.61. The van der Waals surface area contributed by atoms with Crippen molar-refractivity contribution in [1.82, 2.24) is 14.8 Å². The minimum Gasteiger partial charge on any atom is -0.379 e. The summed E-state index contributed by atoms with van der Waals surface area (Å²) in [5.74, 6) is -0.0417. The summed E-state index contributed by atoms with van der Waals surface area (Å²) in [4.78, 5) is 15.6. The molecule has 5 heteroatoms. The van der Waals surface area contributed by atoms with E-state index in [9.17, 15) is 4.79 Å². The molecule has 0 spiro atoms. The molecule has 1 aliphatic heterocycles. The molecule has 0 unspecified atom stereocenters. The van der Waals surface area contributed by atoms with Gasteiger partial charge in [0.05, 0.1) is 24.8 Å². The number of hydrogen-bond acceptors (Lipinski definition) is 3. The summed E-state index contributed by atoms with van der Waals surface area (Å²) in [5, 5.41) is 4.17. The highest BCUT2D eigenvalue weighted by Crippen LogP contribution is 2.24. The number of aromatic nitrogens is 1. The number of fused-ring (bicyclic) bond motifs is 1. The van der Waals surface area contributed by atoms with Crippen molar-refractivity contribution in [2.24, 2.45) is 0 Å². The lowest BCUT2D eigenvalue weighted by atomic mass is 10.0. The van der Waals surface area contributed by atoms with E-state index in [0.717, 1.165) is 37.2 Å². The van der Waals surface area contributed by atoms with Crippen molar-refractivity contribution < 1.29 is 9.53 Å². The third kappa shape index (κ3) is 4.32. The second kappa shape index (κ2) is 9.28. The highest BCUT2D eigenvalue weighted by Gasteiger charge is 2.24. The molecule has 1 N–H and O–H groups in total. The molecule has 30 heavy (non-hydrogen) atoms. The molecule has 0 saturated carbocycles. The van der Waals surface area contributed by atoms with Crippen molar-refractivity contribution in [2.75, 3.05) is 32.8 Å². The Morgan fingerprint density at radius 1 is 1.20 bits per heavy atom. The van der Waals surface area contributed by atoms with E-state index in [-0.39, 0.29) is 11.9 Å². The number of carbonyl (C=O) groups excluding carboxylic acids is 1. The number of amides is 1. The molecular formula is C25H29N3O2. The van der Waals surface area contributed by atoms with Gasteiger partial charge in [-0.2, -0.15) is 0 Å². The van der Waals surface area contributed by atoms with Gasteiger partial charge < -0.3 is 14.6 Å². The molecule has 3 aromatic rings. The Labute approximate surface area is 177 Å². The summed E-state index contributed by atoms with van der Waals surface area (Å²) in [6.45, 7) is 10.4. The largest absolute Gasteiger partial charge is 0.379 e. The molecule has 4 rings (SSSR count). The van der Waals surface area contributed by atoms with Crippen molar-refractivity contribution in [3.05, 3.63) is 84.1 Å². The fourth-order valence-corrected chi connectivity index (χ4v) is 4.23. The lowest BCUT2D eigenvalue weighted by Crippen LogP contribution is -2.43. The van der Waals surface area contributed by atoms with Crippen molar-refractivity contribution in [1.29, 1.82) is 0 Å². The Bertz CT molecular complexity index is 1030. The fourth-order valence-electron chi connectivity index (χ4n) is 4.23. The Morgan fingerprint density at radius 3 is 2.77 bits per heavy atom. The van der Waals surface area contributed by atoms with Crippen LogP contribution in [0, 0.1) is 6.92 Å². The number of nitrogens with zero attached hydrogens (tertiary/aromatic N) is 2. The van der Waals surface area contributed by atoms with E-state index in [1.54, 1.807) is 0 Å². The summed E-state index contributed by atoms with van der Waals surface area (Å²) in [7, 11) is 0. The van der Waals surface area contributed by atoms with Crippen LogP contribution in [0.15, 0.2) is 67.4 Å². The first kappa shape index (κ1) is 20.4. The minimum absolute atomic E-state index is 0.0417. The molecule has 0 aliphatic carbocycles. The molecule has 0 radical (unpaired) electrons. The van der Waals surface area contributed by atoms with Crippen LogP contribution in [0.25, 0.3) is 10.9 Å². The number of para-hydroxylation sites is 1. The zero-order valence-corrected chi connectivity index (χ0v) is 17.5. The average molecular weight is 404 g/mol. The van der Waals surface area contributed by atoms with Gasteiger partial charge >= 0.3 is 0 Å². The third-order valence-corrected chi connectivity index (χ3v) is 5.73. The molecule has 5 nitrogen and oxygen atoms in total. The normalized spacial score (nSPS) is 15.8. The molecule has 1 atom stereocenters. The van der Waals surface area contributed by atoms with E-state index < -0.39 is 0 Å². The van der Waals surface area contributed by atoms with Gasteiger partial charge in [0, 0.05) is 43.3 Å². The summed E-state index contributed by atoms with van der Waals surface area (Å²) in [6, 6.07) is 16.7. The van der Waals surface area contributed by atoms with Gasteiger partial charge in [-0.3, -0.25) is 9.69 Å². The number of rotatable bonds is 7. The lowest BCUT2D eigenvalue weighted by molar-refractivity contribution is 0.0162. The number of carbonyl (C=O) groups is 1. The first-order chi connectivity index (χ1) is 14.7. The number of hydrogen-bond donors (Lipinski definition) is 1. The predicted octanol–water partition coefficient (Wildman–Crippen LogP) is 3.94. The standard InChI is InChI=1S/C25H29N3O2/c1-3-11-28-18-22(21-9-4-5-10-23(21)28)25(29)26-17-24(27-12-14-30-15-13-27)20-8-6-7-19(2)16-20/h3-10,16,18,24H,1,11-15,17H2,2H3,(H,26,29)/t24-/m1/s1. The highest BCUT2D eigenvalue weighted by atomic mass is 16.5. The number of ether oxygens (including phenoxy) is 1. The average Bonchev–Trinajstić information content (AvgIpc) is 3.14. The van der Waals surface area contributed by atoms with E-state index in [1.807, 2.05) is 36.5 Å². The van der Waals surface area contributed by atoms with Crippen LogP contribution >= 0.6 is 0 Å². The topological polar surface area (TPSA) is 46.5 Å². The van der Waals surface area contributed by atoms with Gasteiger partial charge in [0.25, 0.3) is 5.91 Å². The van der Waals surface area contributed by atoms with Crippen LogP contribution < -0.4 is 5.32 Å². The molecule has 1 aliphatic rings. The van der Waals surface area contributed by atoms with Crippen molar-refractivity contribution in [2.45, 2.75) is 19.5 Å². The summed E-state index contributed by atoms with van der Waals surface area (Å²) >= 11 is 0. The molecule has 1 saturated heterocycles. The SMILES string of the molecule is C=CCn1cc(C(=O)NC[C@H](c2cccc(C)c2)N2CCOCC2)c2ccccc21. The van der Waals surface area contributed by atoms with Gasteiger partial charge in [0.15, 0.2) is 0 Å². The molecule has 0 bridgehead atoms. The van der Waals surface area contributed by atoms with E-state index in [4.69, 9.17) is 4.74 Å². The van der Waals surface area contributed by atoms with Crippen LogP contribution in [0.4, 0.5) is 0 Å². The maximum absolute atomic E-state index is 13.2. The van der Waals surface area contributed by atoms with Crippen LogP contribution in [0.3, 0.4) is 0 Å². The van der Waals surface area contributed by atoms with E-state index >= 15 is 0 Å². The second-order valence-corrected chi connectivity index (χ2v) is 7.79. The Morgan fingerprint density at radius 2 is 2.00 bits per heavy atom.